The van der Waals surface area contributed by atoms with Crippen molar-refractivity contribution in [2.45, 2.75) is 31.0 Å². The number of hydrogen-bond donors (Lipinski definition) is 0. The third-order valence-corrected chi connectivity index (χ3v) is 2.98. The lowest BCUT2D eigenvalue weighted by Gasteiger charge is -2.30. The van der Waals surface area contributed by atoms with Crippen LogP contribution in [0.1, 0.15) is 26.7 Å². The fraction of sp³-hybridized carbons (Fsp3) is 0.909. The summed E-state index contributed by atoms with van der Waals surface area (Å²) in [5, 5.41) is 0. The summed E-state index contributed by atoms with van der Waals surface area (Å²) in [6.45, 7) is 6.22. The lowest BCUT2D eigenvalue weighted by atomic mass is 10.0. The van der Waals surface area contributed by atoms with Gasteiger partial charge in [-0.1, -0.05) is 15.9 Å². The van der Waals surface area contributed by atoms with Crippen LogP contribution in [0.3, 0.4) is 0 Å². The smallest absolute Gasteiger partial charge is 0.238 e. The summed E-state index contributed by atoms with van der Waals surface area (Å²) in [6.07, 6.45) is 2.28. The first kappa shape index (κ1) is 13.0. The largest absolute Gasteiger partial charge is 0.381 e. The molecule has 1 amide bonds. The maximum absolute atomic E-state index is 11.9. The highest BCUT2D eigenvalue weighted by Crippen LogP contribution is 2.21. The first-order valence-electron chi connectivity index (χ1n) is 5.43. The van der Waals surface area contributed by atoms with Crippen LogP contribution in [0.5, 0.6) is 0 Å². The molecule has 3 nitrogen and oxygen atoms in total. The highest BCUT2D eigenvalue weighted by molar-refractivity contribution is 9.10. The molecule has 0 aliphatic carbocycles. The van der Waals surface area contributed by atoms with Crippen LogP contribution < -0.4 is 0 Å². The maximum atomic E-state index is 11.9. The average molecular weight is 278 g/mol. The van der Waals surface area contributed by atoms with Crippen LogP contribution in [0.2, 0.25) is 0 Å². The second-order valence-corrected chi connectivity index (χ2v) is 6.72. The van der Waals surface area contributed by atoms with Crippen molar-refractivity contribution in [3.63, 3.8) is 0 Å². The average Bonchev–Trinajstić information content (AvgIpc) is 2.16. The van der Waals surface area contributed by atoms with Crippen LogP contribution in [0, 0.1) is 5.92 Å². The number of amides is 1. The summed E-state index contributed by atoms with van der Waals surface area (Å²) in [7, 11) is 1.86. The third-order valence-electron chi connectivity index (χ3n) is 2.64. The summed E-state index contributed by atoms with van der Waals surface area (Å²) in [4.78, 5) is 13.7. The topological polar surface area (TPSA) is 29.5 Å². The Balaban J connectivity index is 2.40. The molecule has 1 atom stereocenters. The highest BCUT2D eigenvalue weighted by atomic mass is 79.9. The van der Waals surface area contributed by atoms with E-state index in [9.17, 15) is 4.79 Å². The van der Waals surface area contributed by atoms with E-state index in [1.807, 2.05) is 20.9 Å². The van der Waals surface area contributed by atoms with E-state index in [0.29, 0.717) is 5.92 Å². The second kappa shape index (κ2) is 5.30. The molecule has 0 N–H and O–H groups in total. The number of nitrogens with zero attached hydrogens (tertiary/aromatic N) is 1. The molecule has 1 unspecified atom stereocenters. The van der Waals surface area contributed by atoms with E-state index in [1.165, 1.54) is 6.42 Å². The van der Waals surface area contributed by atoms with Crippen molar-refractivity contribution in [3.05, 3.63) is 0 Å². The highest BCUT2D eigenvalue weighted by Gasteiger charge is 2.28. The number of ether oxygens (including phenoxy) is 1. The van der Waals surface area contributed by atoms with Crippen LogP contribution in [-0.2, 0) is 9.53 Å². The normalized spacial score (nSPS) is 22.5. The summed E-state index contributed by atoms with van der Waals surface area (Å²) in [5.41, 5.74) is 0. The maximum Gasteiger partial charge on any atom is 0.238 e. The number of hydrogen-bond acceptors (Lipinski definition) is 2. The zero-order valence-corrected chi connectivity index (χ0v) is 11.3. The first-order valence-corrected chi connectivity index (χ1v) is 6.23. The SMILES string of the molecule is CN(CC1CCCOC1)C(=O)C(C)(C)Br. The van der Waals surface area contributed by atoms with E-state index in [1.54, 1.807) is 4.90 Å². The molecule has 1 heterocycles. The molecule has 0 aromatic carbocycles. The Hall–Kier alpha value is -0.0900. The van der Waals surface area contributed by atoms with Crippen molar-refractivity contribution in [1.82, 2.24) is 4.90 Å². The lowest BCUT2D eigenvalue weighted by molar-refractivity contribution is -0.132. The molecule has 1 aliphatic heterocycles. The Morgan fingerprint density at radius 3 is 2.73 bits per heavy atom. The fourth-order valence-electron chi connectivity index (χ4n) is 1.88. The molecule has 4 heteroatoms. The second-order valence-electron chi connectivity index (χ2n) is 4.74. The molecule has 0 saturated carbocycles. The van der Waals surface area contributed by atoms with Gasteiger partial charge in [-0.3, -0.25) is 4.79 Å². The van der Waals surface area contributed by atoms with Crippen LogP contribution in [0.15, 0.2) is 0 Å². The van der Waals surface area contributed by atoms with Gasteiger partial charge in [0.15, 0.2) is 0 Å². The Labute approximate surface area is 100 Å². The number of alkyl halides is 1. The Kier molecular flexibility index (Phi) is 4.59. The van der Waals surface area contributed by atoms with Crippen LogP contribution >= 0.6 is 15.9 Å². The standard InChI is InChI=1S/C11H20BrNO2/c1-11(2,12)10(14)13(3)7-9-5-4-6-15-8-9/h9H,4-8H2,1-3H3. The summed E-state index contributed by atoms with van der Waals surface area (Å²) in [6, 6.07) is 0. The van der Waals surface area contributed by atoms with Gasteiger partial charge in [0.2, 0.25) is 5.91 Å². The zero-order chi connectivity index (χ0) is 11.5. The van der Waals surface area contributed by atoms with E-state index in [4.69, 9.17) is 4.74 Å². The van der Waals surface area contributed by atoms with Crippen LogP contribution in [0.4, 0.5) is 0 Å². The summed E-state index contributed by atoms with van der Waals surface area (Å²) < 4.78 is 4.94. The van der Waals surface area contributed by atoms with Gasteiger partial charge < -0.3 is 9.64 Å². The Bertz CT molecular complexity index is 219. The van der Waals surface area contributed by atoms with E-state index >= 15 is 0 Å². The molecule has 0 bridgehead atoms. The van der Waals surface area contributed by atoms with Crippen molar-refractivity contribution < 1.29 is 9.53 Å². The number of carbonyl (C=O) groups is 1. The van der Waals surface area contributed by atoms with Gasteiger partial charge in [0.05, 0.1) is 10.9 Å². The molecule has 1 rings (SSSR count). The van der Waals surface area contributed by atoms with E-state index in [2.05, 4.69) is 15.9 Å². The van der Waals surface area contributed by atoms with Crippen LogP contribution in [0.25, 0.3) is 0 Å². The molecule has 1 saturated heterocycles. The molecule has 1 aliphatic rings. The predicted molar refractivity (Wildman–Crippen MR) is 64.2 cm³/mol. The van der Waals surface area contributed by atoms with Gasteiger partial charge in [0.1, 0.15) is 0 Å². The van der Waals surface area contributed by atoms with Gasteiger partial charge in [0, 0.05) is 20.2 Å². The van der Waals surface area contributed by atoms with Gasteiger partial charge in [-0.15, -0.1) is 0 Å². The van der Waals surface area contributed by atoms with Gasteiger partial charge in [-0.05, 0) is 32.6 Å². The number of rotatable bonds is 3. The van der Waals surface area contributed by atoms with E-state index in [-0.39, 0.29) is 5.91 Å². The lowest BCUT2D eigenvalue weighted by Crippen LogP contribution is -2.42. The van der Waals surface area contributed by atoms with Crippen molar-refractivity contribution in [3.8, 4) is 0 Å². The summed E-state index contributed by atoms with van der Waals surface area (Å²) >= 11 is 3.39. The molecular weight excluding hydrogens is 258 g/mol. The molecule has 0 aromatic heterocycles. The third kappa shape index (κ3) is 4.11. The fourth-order valence-corrected chi connectivity index (χ4v) is 2.18. The number of halogens is 1. The summed E-state index contributed by atoms with van der Waals surface area (Å²) in [5.74, 6) is 0.635. The van der Waals surface area contributed by atoms with Crippen molar-refractivity contribution in [2.24, 2.45) is 5.92 Å². The van der Waals surface area contributed by atoms with Gasteiger partial charge in [-0.2, -0.15) is 0 Å². The molecule has 88 valence electrons. The molecule has 1 fully saturated rings. The zero-order valence-electron chi connectivity index (χ0n) is 9.75. The molecule has 0 radical (unpaired) electrons. The minimum Gasteiger partial charge on any atom is -0.381 e. The number of carbonyl (C=O) groups excluding carboxylic acids is 1. The van der Waals surface area contributed by atoms with Crippen molar-refractivity contribution in [2.75, 3.05) is 26.8 Å². The van der Waals surface area contributed by atoms with E-state index < -0.39 is 4.32 Å². The minimum atomic E-state index is -0.461. The van der Waals surface area contributed by atoms with Crippen molar-refractivity contribution in [1.29, 1.82) is 0 Å². The molecule has 0 aromatic rings. The minimum absolute atomic E-state index is 0.132. The molecule has 15 heavy (non-hydrogen) atoms. The van der Waals surface area contributed by atoms with Gasteiger partial charge >= 0.3 is 0 Å². The Morgan fingerprint density at radius 1 is 1.60 bits per heavy atom. The van der Waals surface area contributed by atoms with Crippen molar-refractivity contribution >= 4 is 21.8 Å². The Morgan fingerprint density at radius 2 is 2.27 bits per heavy atom. The predicted octanol–water partition coefficient (Wildman–Crippen LogP) is 2.04. The molecule has 0 spiro atoms. The van der Waals surface area contributed by atoms with Crippen LogP contribution in [-0.4, -0.2) is 41.9 Å². The first-order chi connectivity index (χ1) is 6.91. The van der Waals surface area contributed by atoms with E-state index in [0.717, 1.165) is 26.2 Å². The van der Waals surface area contributed by atoms with Gasteiger partial charge in [-0.25, -0.2) is 0 Å². The molecular formula is C11H20BrNO2. The monoisotopic (exact) mass is 277 g/mol. The quantitative estimate of drug-likeness (QED) is 0.739. The van der Waals surface area contributed by atoms with Gasteiger partial charge in [0.25, 0.3) is 0 Å².